The second-order valence-corrected chi connectivity index (χ2v) is 8.06. The van der Waals surface area contributed by atoms with Crippen molar-refractivity contribution in [2.24, 2.45) is 5.92 Å². The van der Waals surface area contributed by atoms with Crippen molar-refractivity contribution in [3.8, 4) is 0 Å². The van der Waals surface area contributed by atoms with Crippen LogP contribution < -0.4 is 5.32 Å². The van der Waals surface area contributed by atoms with Gasteiger partial charge in [-0.25, -0.2) is 0 Å². The quantitative estimate of drug-likeness (QED) is 0.760. The first-order valence-corrected chi connectivity index (χ1v) is 8.98. The Kier molecular flexibility index (Phi) is 6.24. The number of halogens is 1. The van der Waals surface area contributed by atoms with Gasteiger partial charge in [0.15, 0.2) is 0 Å². The SMILES string of the molecule is CC(C)CNCc1ccc(Br)cc1SC1CCCC1. The number of benzene rings is 1. The van der Waals surface area contributed by atoms with Crippen molar-refractivity contribution in [1.29, 1.82) is 0 Å². The first-order valence-electron chi connectivity index (χ1n) is 7.31. The molecule has 0 unspecified atom stereocenters. The Labute approximate surface area is 130 Å². The summed E-state index contributed by atoms with van der Waals surface area (Å²) >= 11 is 5.68. The highest BCUT2D eigenvalue weighted by Gasteiger charge is 2.17. The molecule has 1 aliphatic carbocycles. The fraction of sp³-hybridized carbons (Fsp3) is 0.625. The summed E-state index contributed by atoms with van der Waals surface area (Å²) in [5.41, 5.74) is 1.45. The van der Waals surface area contributed by atoms with Gasteiger partial charge in [-0.05, 0) is 43.0 Å². The van der Waals surface area contributed by atoms with Crippen molar-refractivity contribution >= 4 is 27.7 Å². The molecule has 0 amide bonds. The van der Waals surface area contributed by atoms with E-state index in [9.17, 15) is 0 Å². The van der Waals surface area contributed by atoms with Gasteiger partial charge in [0.25, 0.3) is 0 Å². The molecule has 2 rings (SSSR count). The Balaban J connectivity index is 1.99. The van der Waals surface area contributed by atoms with Crippen LogP contribution in [0.1, 0.15) is 45.1 Å². The van der Waals surface area contributed by atoms with Gasteiger partial charge >= 0.3 is 0 Å². The first-order chi connectivity index (χ1) is 9.15. The molecule has 0 heterocycles. The van der Waals surface area contributed by atoms with Gasteiger partial charge in [-0.15, -0.1) is 11.8 Å². The van der Waals surface area contributed by atoms with E-state index in [2.05, 4.69) is 65.1 Å². The van der Waals surface area contributed by atoms with Crippen LogP contribution in [0.15, 0.2) is 27.6 Å². The minimum Gasteiger partial charge on any atom is -0.312 e. The van der Waals surface area contributed by atoms with Gasteiger partial charge in [0.05, 0.1) is 0 Å². The molecule has 0 atom stereocenters. The minimum atomic E-state index is 0.710. The third-order valence-corrected chi connectivity index (χ3v) is 5.43. The summed E-state index contributed by atoms with van der Waals surface area (Å²) in [6.07, 6.45) is 5.59. The van der Waals surface area contributed by atoms with Crippen molar-refractivity contribution in [2.75, 3.05) is 6.54 Å². The molecule has 0 saturated heterocycles. The number of rotatable bonds is 6. The van der Waals surface area contributed by atoms with Gasteiger partial charge in [0, 0.05) is 21.2 Å². The van der Waals surface area contributed by atoms with Crippen LogP contribution >= 0.6 is 27.7 Å². The molecule has 3 heteroatoms. The molecule has 1 aromatic carbocycles. The Bertz CT molecular complexity index is 400. The van der Waals surface area contributed by atoms with Crippen LogP contribution in [-0.2, 0) is 6.54 Å². The number of thioether (sulfide) groups is 1. The fourth-order valence-electron chi connectivity index (χ4n) is 2.47. The predicted molar refractivity (Wildman–Crippen MR) is 88.8 cm³/mol. The molecule has 1 saturated carbocycles. The second-order valence-electron chi connectivity index (χ2n) is 5.80. The number of hydrogen-bond donors (Lipinski definition) is 1. The second kappa shape index (κ2) is 7.70. The lowest BCUT2D eigenvalue weighted by atomic mass is 10.2. The summed E-state index contributed by atoms with van der Waals surface area (Å²) < 4.78 is 1.20. The lowest BCUT2D eigenvalue weighted by Crippen LogP contribution is -2.19. The van der Waals surface area contributed by atoms with Crippen LogP contribution in [0.4, 0.5) is 0 Å². The maximum absolute atomic E-state index is 3.60. The average molecular weight is 342 g/mol. The van der Waals surface area contributed by atoms with E-state index in [-0.39, 0.29) is 0 Å². The van der Waals surface area contributed by atoms with Crippen LogP contribution in [0.5, 0.6) is 0 Å². The topological polar surface area (TPSA) is 12.0 Å². The first kappa shape index (κ1) is 15.4. The van der Waals surface area contributed by atoms with Crippen LogP contribution in [0.2, 0.25) is 0 Å². The normalized spacial score (nSPS) is 16.4. The highest BCUT2D eigenvalue weighted by Crippen LogP contribution is 2.37. The maximum atomic E-state index is 3.60. The smallest absolute Gasteiger partial charge is 0.0216 e. The van der Waals surface area contributed by atoms with Crippen LogP contribution in [-0.4, -0.2) is 11.8 Å². The van der Waals surface area contributed by atoms with Crippen molar-refractivity contribution in [1.82, 2.24) is 5.32 Å². The lowest BCUT2D eigenvalue weighted by Gasteiger charge is -2.15. The lowest BCUT2D eigenvalue weighted by molar-refractivity contribution is 0.550. The van der Waals surface area contributed by atoms with Crippen LogP contribution in [0, 0.1) is 5.92 Å². The molecule has 1 aliphatic rings. The van der Waals surface area contributed by atoms with E-state index in [4.69, 9.17) is 0 Å². The zero-order valence-electron chi connectivity index (χ0n) is 11.9. The summed E-state index contributed by atoms with van der Waals surface area (Å²) in [6.45, 7) is 6.58. The Hall–Kier alpha value is 0.01000. The highest BCUT2D eigenvalue weighted by molar-refractivity contribution is 9.10. The van der Waals surface area contributed by atoms with Gasteiger partial charge in [-0.3, -0.25) is 0 Å². The van der Waals surface area contributed by atoms with Gasteiger partial charge in [0.2, 0.25) is 0 Å². The summed E-state index contributed by atoms with van der Waals surface area (Å²) in [5.74, 6) is 0.710. The molecular formula is C16H24BrNS. The number of hydrogen-bond acceptors (Lipinski definition) is 2. The van der Waals surface area contributed by atoms with Crippen molar-refractivity contribution < 1.29 is 0 Å². The molecule has 0 aliphatic heterocycles. The van der Waals surface area contributed by atoms with Crippen LogP contribution in [0.3, 0.4) is 0 Å². The molecular weight excluding hydrogens is 318 g/mol. The molecule has 0 spiro atoms. The third kappa shape index (κ3) is 5.13. The largest absolute Gasteiger partial charge is 0.312 e. The van der Waals surface area contributed by atoms with Crippen LogP contribution in [0.25, 0.3) is 0 Å². The van der Waals surface area contributed by atoms with E-state index in [1.807, 2.05) is 0 Å². The zero-order valence-corrected chi connectivity index (χ0v) is 14.3. The van der Waals surface area contributed by atoms with E-state index < -0.39 is 0 Å². The van der Waals surface area contributed by atoms with Crippen molar-refractivity contribution in [3.05, 3.63) is 28.2 Å². The minimum absolute atomic E-state index is 0.710. The molecule has 1 N–H and O–H groups in total. The summed E-state index contributed by atoms with van der Waals surface area (Å²) in [4.78, 5) is 1.46. The van der Waals surface area contributed by atoms with E-state index >= 15 is 0 Å². The molecule has 0 radical (unpaired) electrons. The van der Waals surface area contributed by atoms with Gasteiger partial charge < -0.3 is 5.32 Å². The standard InChI is InChI=1S/C16H24BrNS/c1-12(2)10-18-11-13-7-8-14(17)9-16(13)19-15-5-3-4-6-15/h7-9,12,15,18H,3-6,10-11H2,1-2H3. The molecule has 19 heavy (non-hydrogen) atoms. The summed E-state index contributed by atoms with van der Waals surface area (Å²) in [5, 5.41) is 4.39. The van der Waals surface area contributed by atoms with Crippen molar-refractivity contribution in [3.63, 3.8) is 0 Å². The summed E-state index contributed by atoms with van der Waals surface area (Å²) in [6, 6.07) is 6.70. The molecule has 1 aromatic rings. The van der Waals surface area contributed by atoms with Gasteiger partial charge in [0.1, 0.15) is 0 Å². The molecule has 1 nitrogen and oxygen atoms in total. The molecule has 1 fully saturated rings. The Morgan fingerprint density at radius 3 is 2.74 bits per heavy atom. The molecule has 0 aromatic heterocycles. The van der Waals surface area contributed by atoms with E-state index in [0.717, 1.165) is 18.3 Å². The highest BCUT2D eigenvalue weighted by atomic mass is 79.9. The van der Waals surface area contributed by atoms with Crippen molar-refractivity contribution in [2.45, 2.75) is 56.2 Å². The predicted octanol–water partition coefficient (Wildman–Crippen LogP) is 5.23. The monoisotopic (exact) mass is 341 g/mol. The summed E-state index contributed by atoms with van der Waals surface area (Å²) in [7, 11) is 0. The Morgan fingerprint density at radius 1 is 1.32 bits per heavy atom. The Morgan fingerprint density at radius 2 is 2.05 bits per heavy atom. The van der Waals surface area contributed by atoms with Gasteiger partial charge in [-0.2, -0.15) is 0 Å². The molecule has 0 bridgehead atoms. The van der Waals surface area contributed by atoms with E-state index in [1.165, 1.54) is 40.6 Å². The van der Waals surface area contributed by atoms with E-state index in [0.29, 0.717) is 5.92 Å². The third-order valence-electron chi connectivity index (χ3n) is 3.49. The van der Waals surface area contributed by atoms with Gasteiger partial charge in [-0.1, -0.05) is 48.7 Å². The molecule has 106 valence electrons. The fourth-order valence-corrected chi connectivity index (χ4v) is 4.39. The number of nitrogens with one attached hydrogen (secondary N) is 1. The zero-order chi connectivity index (χ0) is 13.7. The maximum Gasteiger partial charge on any atom is 0.0216 e. The van der Waals surface area contributed by atoms with E-state index in [1.54, 1.807) is 0 Å². The average Bonchev–Trinajstić information content (AvgIpc) is 2.84.